The summed E-state index contributed by atoms with van der Waals surface area (Å²) < 4.78 is 0. The Bertz CT molecular complexity index is 330. The molecular formula is C11H15NO2S. The van der Waals surface area contributed by atoms with Crippen LogP contribution in [0.1, 0.15) is 17.7 Å². The van der Waals surface area contributed by atoms with E-state index in [1.807, 2.05) is 6.07 Å². The van der Waals surface area contributed by atoms with Crippen molar-refractivity contribution in [1.82, 2.24) is 5.32 Å². The molecule has 0 saturated heterocycles. The zero-order valence-electron chi connectivity index (χ0n) is 8.53. The predicted molar refractivity (Wildman–Crippen MR) is 60.2 cm³/mol. The van der Waals surface area contributed by atoms with Crippen LogP contribution in [-0.2, 0) is 11.2 Å². The van der Waals surface area contributed by atoms with Crippen LogP contribution in [0.4, 0.5) is 0 Å². The van der Waals surface area contributed by atoms with E-state index in [0.29, 0.717) is 6.54 Å². The fourth-order valence-electron chi connectivity index (χ4n) is 1.61. The van der Waals surface area contributed by atoms with E-state index in [2.05, 4.69) is 16.8 Å². The summed E-state index contributed by atoms with van der Waals surface area (Å²) in [4.78, 5) is 12.2. The molecule has 0 atom stereocenters. The molecule has 1 aliphatic rings. The Labute approximate surface area is 93.1 Å². The summed E-state index contributed by atoms with van der Waals surface area (Å²) in [5.41, 5.74) is -0.435. The Kier molecular flexibility index (Phi) is 3.07. The maximum Gasteiger partial charge on any atom is 0.310 e. The number of carboxylic acid groups (broad SMARTS) is 1. The van der Waals surface area contributed by atoms with Gasteiger partial charge in [-0.15, -0.1) is 11.3 Å². The van der Waals surface area contributed by atoms with Crippen molar-refractivity contribution in [2.45, 2.75) is 19.3 Å². The average molecular weight is 225 g/mol. The van der Waals surface area contributed by atoms with Crippen molar-refractivity contribution in [1.29, 1.82) is 0 Å². The first kappa shape index (κ1) is 10.6. The van der Waals surface area contributed by atoms with Gasteiger partial charge in [-0.1, -0.05) is 6.07 Å². The van der Waals surface area contributed by atoms with E-state index in [9.17, 15) is 4.79 Å². The van der Waals surface area contributed by atoms with Crippen molar-refractivity contribution < 1.29 is 9.90 Å². The predicted octanol–water partition coefficient (Wildman–Crippen LogP) is 1.74. The Morgan fingerprint density at radius 2 is 2.40 bits per heavy atom. The van der Waals surface area contributed by atoms with Crippen LogP contribution in [0.3, 0.4) is 0 Å². The van der Waals surface area contributed by atoms with E-state index < -0.39 is 11.4 Å². The van der Waals surface area contributed by atoms with Crippen molar-refractivity contribution >= 4 is 17.3 Å². The van der Waals surface area contributed by atoms with E-state index in [-0.39, 0.29) is 0 Å². The van der Waals surface area contributed by atoms with Gasteiger partial charge in [-0.05, 0) is 37.3 Å². The van der Waals surface area contributed by atoms with Crippen LogP contribution in [-0.4, -0.2) is 24.2 Å². The van der Waals surface area contributed by atoms with Gasteiger partial charge in [0.1, 0.15) is 0 Å². The molecule has 1 fully saturated rings. The van der Waals surface area contributed by atoms with E-state index in [4.69, 9.17) is 5.11 Å². The molecule has 0 amide bonds. The summed E-state index contributed by atoms with van der Waals surface area (Å²) in [5, 5.41) is 14.2. The minimum atomic E-state index is -0.647. The molecule has 82 valence electrons. The lowest BCUT2D eigenvalue weighted by Crippen LogP contribution is -2.31. The Morgan fingerprint density at radius 1 is 1.60 bits per heavy atom. The minimum Gasteiger partial charge on any atom is -0.481 e. The van der Waals surface area contributed by atoms with Gasteiger partial charge in [0.15, 0.2) is 0 Å². The van der Waals surface area contributed by atoms with E-state index in [0.717, 1.165) is 25.8 Å². The smallest absolute Gasteiger partial charge is 0.310 e. The number of carbonyl (C=O) groups is 1. The Hall–Kier alpha value is -0.870. The monoisotopic (exact) mass is 225 g/mol. The summed E-state index contributed by atoms with van der Waals surface area (Å²) in [6.07, 6.45) is 2.65. The molecule has 1 aromatic rings. The highest BCUT2D eigenvalue weighted by Gasteiger charge is 2.49. The lowest BCUT2D eigenvalue weighted by Gasteiger charge is -2.10. The Balaban J connectivity index is 1.66. The van der Waals surface area contributed by atoms with Gasteiger partial charge in [-0.25, -0.2) is 0 Å². The molecule has 0 aromatic carbocycles. The maximum atomic E-state index is 10.9. The van der Waals surface area contributed by atoms with Crippen LogP contribution in [0.2, 0.25) is 0 Å². The fourth-order valence-corrected chi connectivity index (χ4v) is 2.32. The summed E-state index contributed by atoms with van der Waals surface area (Å²) >= 11 is 1.75. The van der Waals surface area contributed by atoms with E-state index >= 15 is 0 Å². The van der Waals surface area contributed by atoms with Gasteiger partial charge in [0.05, 0.1) is 5.41 Å². The molecule has 1 heterocycles. The highest BCUT2D eigenvalue weighted by molar-refractivity contribution is 7.09. The van der Waals surface area contributed by atoms with Crippen LogP contribution in [0.5, 0.6) is 0 Å². The number of hydrogen-bond donors (Lipinski definition) is 2. The van der Waals surface area contributed by atoms with Crippen molar-refractivity contribution in [2.24, 2.45) is 5.41 Å². The number of carboxylic acids is 1. The van der Waals surface area contributed by atoms with Crippen LogP contribution in [0.15, 0.2) is 17.5 Å². The van der Waals surface area contributed by atoms with Gasteiger partial charge in [-0.3, -0.25) is 4.79 Å². The summed E-state index contributed by atoms with van der Waals surface area (Å²) in [6, 6.07) is 4.15. The molecule has 0 bridgehead atoms. The molecule has 1 aromatic heterocycles. The van der Waals surface area contributed by atoms with Gasteiger partial charge in [0, 0.05) is 11.4 Å². The number of aliphatic carboxylic acids is 1. The zero-order chi connectivity index (χ0) is 10.7. The molecule has 0 aliphatic heterocycles. The van der Waals surface area contributed by atoms with Crippen molar-refractivity contribution in [3.05, 3.63) is 22.4 Å². The van der Waals surface area contributed by atoms with Crippen LogP contribution in [0.25, 0.3) is 0 Å². The summed E-state index contributed by atoms with van der Waals surface area (Å²) in [6.45, 7) is 1.49. The first-order valence-corrected chi connectivity index (χ1v) is 6.07. The molecule has 2 rings (SSSR count). The first-order chi connectivity index (χ1) is 7.23. The largest absolute Gasteiger partial charge is 0.481 e. The standard InChI is InChI=1S/C11H15NO2S/c13-10(14)11(4-5-11)8-12-6-3-9-2-1-7-15-9/h1-2,7,12H,3-6,8H2,(H,13,14). The topological polar surface area (TPSA) is 49.3 Å². The second-order valence-electron chi connectivity index (χ2n) is 4.09. The normalized spacial score (nSPS) is 17.6. The molecule has 1 saturated carbocycles. The van der Waals surface area contributed by atoms with E-state index in [1.54, 1.807) is 11.3 Å². The third kappa shape index (κ3) is 2.58. The van der Waals surface area contributed by atoms with Gasteiger partial charge in [0.25, 0.3) is 0 Å². The second kappa shape index (κ2) is 4.33. The second-order valence-corrected chi connectivity index (χ2v) is 5.12. The lowest BCUT2D eigenvalue weighted by atomic mass is 10.1. The number of rotatable bonds is 6. The third-order valence-electron chi connectivity index (χ3n) is 2.90. The fraction of sp³-hybridized carbons (Fsp3) is 0.545. The number of hydrogen-bond acceptors (Lipinski definition) is 3. The van der Waals surface area contributed by atoms with Gasteiger partial charge < -0.3 is 10.4 Å². The molecule has 1 aliphatic carbocycles. The first-order valence-electron chi connectivity index (χ1n) is 5.19. The highest BCUT2D eigenvalue weighted by atomic mass is 32.1. The van der Waals surface area contributed by atoms with Crippen LogP contribution in [0, 0.1) is 5.41 Å². The molecule has 0 spiro atoms. The number of nitrogens with one attached hydrogen (secondary N) is 1. The van der Waals surface area contributed by atoms with Crippen molar-refractivity contribution in [3.8, 4) is 0 Å². The molecule has 0 unspecified atom stereocenters. The molecular weight excluding hydrogens is 210 g/mol. The molecule has 2 N–H and O–H groups in total. The summed E-state index contributed by atoms with van der Waals surface area (Å²) in [7, 11) is 0. The SMILES string of the molecule is O=C(O)C1(CNCCc2cccs2)CC1. The van der Waals surface area contributed by atoms with Crippen molar-refractivity contribution in [2.75, 3.05) is 13.1 Å². The van der Waals surface area contributed by atoms with Crippen LogP contribution >= 0.6 is 11.3 Å². The molecule has 3 nitrogen and oxygen atoms in total. The highest BCUT2D eigenvalue weighted by Crippen LogP contribution is 2.45. The van der Waals surface area contributed by atoms with Gasteiger partial charge in [0.2, 0.25) is 0 Å². The lowest BCUT2D eigenvalue weighted by molar-refractivity contribution is -0.143. The van der Waals surface area contributed by atoms with Crippen molar-refractivity contribution in [3.63, 3.8) is 0 Å². The molecule has 4 heteroatoms. The zero-order valence-corrected chi connectivity index (χ0v) is 9.35. The van der Waals surface area contributed by atoms with Gasteiger partial charge >= 0.3 is 5.97 Å². The third-order valence-corrected chi connectivity index (χ3v) is 3.84. The maximum absolute atomic E-state index is 10.9. The molecule has 0 radical (unpaired) electrons. The van der Waals surface area contributed by atoms with Gasteiger partial charge in [-0.2, -0.15) is 0 Å². The van der Waals surface area contributed by atoms with Crippen LogP contribution < -0.4 is 5.32 Å². The number of thiophene rings is 1. The van der Waals surface area contributed by atoms with E-state index in [1.165, 1.54) is 4.88 Å². The molecule has 15 heavy (non-hydrogen) atoms. The average Bonchev–Trinajstić information content (AvgIpc) is 2.83. The summed E-state index contributed by atoms with van der Waals surface area (Å²) in [5.74, 6) is -0.647. The quantitative estimate of drug-likeness (QED) is 0.725. The Morgan fingerprint density at radius 3 is 2.93 bits per heavy atom. The minimum absolute atomic E-state index is 0.435.